The van der Waals surface area contributed by atoms with E-state index in [9.17, 15) is 4.79 Å². The maximum atomic E-state index is 11.9. The Labute approximate surface area is 103 Å². The quantitative estimate of drug-likeness (QED) is 0.545. The lowest BCUT2D eigenvalue weighted by Crippen LogP contribution is -2.26. The number of hydrogen-bond donors (Lipinski definition) is 0. The van der Waals surface area contributed by atoms with E-state index in [1.54, 1.807) is 0 Å². The molecular formula is C15H20O2. The first-order valence-corrected chi connectivity index (χ1v) is 5.88. The number of carbonyl (C=O) groups excluding carboxylic acids is 1. The minimum absolute atomic E-state index is 0.229. The van der Waals surface area contributed by atoms with Crippen molar-refractivity contribution in [2.75, 3.05) is 0 Å². The van der Waals surface area contributed by atoms with E-state index in [1.165, 1.54) is 0 Å². The minimum Gasteiger partial charge on any atom is -0.452 e. The first-order chi connectivity index (χ1) is 7.98. The molecule has 0 saturated carbocycles. The average molecular weight is 232 g/mol. The van der Waals surface area contributed by atoms with E-state index in [2.05, 4.69) is 6.58 Å². The second-order valence-corrected chi connectivity index (χ2v) is 4.63. The van der Waals surface area contributed by atoms with Crippen molar-refractivity contribution in [2.45, 2.75) is 39.2 Å². The molecule has 0 spiro atoms. The monoisotopic (exact) mass is 232 g/mol. The Bertz CT molecular complexity index is 395. The van der Waals surface area contributed by atoms with Crippen molar-refractivity contribution in [1.29, 1.82) is 0 Å². The van der Waals surface area contributed by atoms with E-state index in [-0.39, 0.29) is 5.97 Å². The Morgan fingerprint density at radius 3 is 2.59 bits per heavy atom. The topological polar surface area (TPSA) is 26.3 Å². The van der Waals surface area contributed by atoms with Crippen molar-refractivity contribution in [3.63, 3.8) is 0 Å². The van der Waals surface area contributed by atoms with Crippen molar-refractivity contribution in [3.8, 4) is 0 Å². The van der Waals surface area contributed by atoms with Gasteiger partial charge in [0.25, 0.3) is 0 Å². The molecule has 1 aliphatic rings. The maximum Gasteiger partial charge on any atom is 0.334 e. The zero-order valence-electron chi connectivity index (χ0n) is 10.8. The van der Waals surface area contributed by atoms with Gasteiger partial charge in [0.15, 0.2) is 0 Å². The number of ether oxygens (including phenoxy) is 1. The highest BCUT2D eigenvalue weighted by Crippen LogP contribution is 2.22. The Balaban J connectivity index is 2.70. The molecule has 0 unspecified atom stereocenters. The zero-order valence-corrected chi connectivity index (χ0v) is 10.8. The lowest BCUT2D eigenvalue weighted by Gasteiger charge is -2.22. The zero-order chi connectivity index (χ0) is 12.9. The first kappa shape index (κ1) is 13.5. The molecule has 0 fully saturated rings. The van der Waals surface area contributed by atoms with Gasteiger partial charge in [0.1, 0.15) is 5.60 Å². The molecule has 2 heteroatoms. The summed E-state index contributed by atoms with van der Waals surface area (Å²) >= 11 is 0. The van der Waals surface area contributed by atoms with Crippen LogP contribution >= 0.6 is 0 Å². The van der Waals surface area contributed by atoms with Crippen LogP contribution in [-0.4, -0.2) is 11.6 Å². The normalized spacial score (nSPS) is 16.4. The summed E-state index contributed by atoms with van der Waals surface area (Å²) in [5.41, 5.74) is 1.34. The summed E-state index contributed by atoms with van der Waals surface area (Å²) in [5.74, 6) is -0.229. The highest BCUT2D eigenvalue weighted by Gasteiger charge is 2.22. The second kappa shape index (κ2) is 5.67. The number of allylic oxidation sites excluding steroid dienone is 5. The summed E-state index contributed by atoms with van der Waals surface area (Å²) in [6, 6.07) is 0. The molecule has 0 aromatic rings. The van der Waals surface area contributed by atoms with E-state index in [4.69, 9.17) is 4.74 Å². The third kappa shape index (κ3) is 4.06. The highest BCUT2D eigenvalue weighted by atomic mass is 16.6. The van der Waals surface area contributed by atoms with Gasteiger partial charge in [0.2, 0.25) is 0 Å². The van der Waals surface area contributed by atoms with Crippen LogP contribution in [0.15, 0.2) is 48.1 Å². The van der Waals surface area contributed by atoms with Crippen molar-refractivity contribution in [1.82, 2.24) is 0 Å². The highest BCUT2D eigenvalue weighted by molar-refractivity contribution is 5.89. The number of carbonyl (C=O) groups is 1. The lowest BCUT2D eigenvalue weighted by molar-refractivity contribution is -0.147. The van der Waals surface area contributed by atoms with Crippen LogP contribution in [0.4, 0.5) is 0 Å². The molecular weight excluding hydrogens is 212 g/mol. The van der Waals surface area contributed by atoms with E-state index >= 15 is 0 Å². The van der Waals surface area contributed by atoms with Gasteiger partial charge < -0.3 is 4.74 Å². The predicted molar refractivity (Wildman–Crippen MR) is 70.6 cm³/mol. The molecule has 1 aliphatic carbocycles. The van der Waals surface area contributed by atoms with Gasteiger partial charge in [-0.2, -0.15) is 0 Å². The fourth-order valence-corrected chi connectivity index (χ4v) is 1.73. The maximum absolute atomic E-state index is 11.9. The Morgan fingerprint density at radius 1 is 1.41 bits per heavy atom. The molecule has 92 valence electrons. The number of rotatable bonds is 4. The summed E-state index contributed by atoms with van der Waals surface area (Å²) in [6.45, 7) is 9.38. The fraction of sp³-hybridized carbons (Fsp3) is 0.400. The van der Waals surface area contributed by atoms with Crippen LogP contribution in [0.3, 0.4) is 0 Å². The molecule has 0 atom stereocenters. The SMILES string of the molecule is C=CC1=CC=C(C(=O)OC(C)(C)/C=C/C)CC1. The molecule has 1 rings (SSSR count). The van der Waals surface area contributed by atoms with Gasteiger partial charge in [-0.05, 0) is 45.3 Å². The second-order valence-electron chi connectivity index (χ2n) is 4.63. The Hall–Kier alpha value is -1.57. The summed E-state index contributed by atoms with van der Waals surface area (Å²) in [5, 5.41) is 0. The molecule has 17 heavy (non-hydrogen) atoms. The molecule has 0 bridgehead atoms. The van der Waals surface area contributed by atoms with E-state index < -0.39 is 5.60 Å². The lowest BCUT2D eigenvalue weighted by atomic mass is 9.98. The standard InChI is InChI=1S/C15H20O2/c1-5-11-15(3,4)17-14(16)13-9-7-12(6-2)8-10-13/h5-7,9,11H,2,8,10H2,1,3-4H3/b11-5+. The molecule has 0 radical (unpaired) electrons. The van der Waals surface area contributed by atoms with Crippen LogP contribution in [0.1, 0.15) is 33.6 Å². The molecule has 2 nitrogen and oxygen atoms in total. The molecule has 0 amide bonds. The van der Waals surface area contributed by atoms with Crippen molar-refractivity contribution >= 4 is 5.97 Å². The largest absolute Gasteiger partial charge is 0.452 e. The van der Waals surface area contributed by atoms with E-state index in [0.717, 1.165) is 24.0 Å². The van der Waals surface area contributed by atoms with E-state index in [1.807, 2.05) is 51.2 Å². The number of esters is 1. The van der Waals surface area contributed by atoms with Crippen molar-refractivity contribution in [3.05, 3.63) is 48.1 Å². The smallest absolute Gasteiger partial charge is 0.334 e. The van der Waals surface area contributed by atoms with Crippen LogP contribution in [0.25, 0.3) is 0 Å². The third-order valence-corrected chi connectivity index (χ3v) is 2.63. The number of hydrogen-bond acceptors (Lipinski definition) is 2. The van der Waals surface area contributed by atoms with Crippen LogP contribution in [0, 0.1) is 0 Å². The van der Waals surface area contributed by atoms with Gasteiger partial charge in [0.05, 0.1) is 0 Å². The summed E-state index contributed by atoms with van der Waals surface area (Å²) in [4.78, 5) is 11.9. The Morgan fingerprint density at radius 2 is 2.12 bits per heavy atom. The first-order valence-electron chi connectivity index (χ1n) is 5.88. The molecule has 0 N–H and O–H groups in total. The summed E-state index contributed by atoms with van der Waals surface area (Å²) in [7, 11) is 0. The molecule has 0 saturated heterocycles. The van der Waals surface area contributed by atoms with Crippen LogP contribution < -0.4 is 0 Å². The van der Waals surface area contributed by atoms with Crippen LogP contribution in [0.2, 0.25) is 0 Å². The molecule has 0 heterocycles. The van der Waals surface area contributed by atoms with Gasteiger partial charge in [-0.25, -0.2) is 4.79 Å². The van der Waals surface area contributed by atoms with E-state index in [0.29, 0.717) is 0 Å². The Kier molecular flexibility index (Phi) is 4.50. The average Bonchev–Trinajstić information content (AvgIpc) is 2.28. The molecule has 0 aromatic carbocycles. The fourth-order valence-electron chi connectivity index (χ4n) is 1.73. The van der Waals surface area contributed by atoms with Gasteiger partial charge in [-0.15, -0.1) is 0 Å². The van der Waals surface area contributed by atoms with Gasteiger partial charge in [-0.1, -0.05) is 30.9 Å². The predicted octanol–water partition coefficient (Wildman–Crippen LogP) is 3.72. The molecule has 0 aromatic heterocycles. The van der Waals surface area contributed by atoms with Gasteiger partial charge in [0, 0.05) is 5.57 Å². The van der Waals surface area contributed by atoms with Crippen molar-refractivity contribution in [2.24, 2.45) is 0 Å². The third-order valence-electron chi connectivity index (χ3n) is 2.63. The van der Waals surface area contributed by atoms with Crippen molar-refractivity contribution < 1.29 is 9.53 Å². The summed E-state index contributed by atoms with van der Waals surface area (Å²) in [6.07, 6.45) is 10.9. The van der Waals surface area contributed by atoms with Gasteiger partial charge >= 0.3 is 5.97 Å². The van der Waals surface area contributed by atoms with Gasteiger partial charge in [-0.3, -0.25) is 0 Å². The molecule has 0 aliphatic heterocycles. The van der Waals surface area contributed by atoms with Crippen LogP contribution in [-0.2, 0) is 9.53 Å². The summed E-state index contributed by atoms with van der Waals surface area (Å²) < 4.78 is 5.44. The van der Waals surface area contributed by atoms with Crippen LogP contribution in [0.5, 0.6) is 0 Å². The minimum atomic E-state index is -0.547.